The normalized spacial score (nSPS) is 14.9. The van der Waals surface area contributed by atoms with E-state index in [1.165, 1.54) is 11.3 Å². The smallest absolute Gasteiger partial charge is 0.264 e. The quantitative estimate of drug-likeness (QED) is 0.713. The molecule has 3 aromatic rings. The fourth-order valence-corrected chi connectivity index (χ4v) is 3.36. The summed E-state index contributed by atoms with van der Waals surface area (Å²) in [7, 11) is 0. The molecule has 0 radical (unpaired) electrons. The Morgan fingerprint density at radius 3 is 2.78 bits per heavy atom. The number of amides is 1. The van der Waals surface area contributed by atoms with Crippen molar-refractivity contribution in [2.75, 3.05) is 13.1 Å². The molecule has 4 heterocycles. The molecule has 1 amide bonds. The minimum atomic E-state index is 0.0976. The molecule has 3 aromatic heterocycles. The molecule has 0 unspecified atom stereocenters. The van der Waals surface area contributed by atoms with Crippen LogP contribution in [-0.2, 0) is 6.54 Å². The number of aryl methyl sites for hydroxylation is 1. The number of nitrogens with zero attached hydrogens (tertiary/aromatic N) is 7. The zero-order valence-electron chi connectivity index (χ0n) is 12.5. The Bertz CT molecular complexity index is 816. The van der Waals surface area contributed by atoms with Gasteiger partial charge in [-0.05, 0) is 19.1 Å². The third kappa shape index (κ3) is 2.74. The zero-order chi connectivity index (χ0) is 15.8. The van der Waals surface area contributed by atoms with E-state index in [1.807, 2.05) is 34.8 Å². The largest absolute Gasteiger partial charge is 0.334 e. The molecule has 1 aliphatic rings. The third-order valence-corrected chi connectivity index (χ3v) is 4.79. The summed E-state index contributed by atoms with van der Waals surface area (Å²) in [5.41, 5.74) is 0.805. The van der Waals surface area contributed by atoms with Crippen LogP contribution < -0.4 is 0 Å². The lowest BCUT2D eigenvalue weighted by molar-refractivity contribution is 0.0503. The average Bonchev–Trinajstić information content (AvgIpc) is 3.20. The SMILES string of the molecule is Cc1ccc(C(=O)N2CC(n3cc(Cn4nccn4)nn3)C2)s1. The number of rotatable bonds is 4. The Morgan fingerprint density at radius 1 is 1.30 bits per heavy atom. The lowest BCUT2D eigenvalue weighted by Gasteiger charge is -2.38. The molecular formula is C14H15N7OS. The molecule has 118 valence electrons. The Labute approximate surface area is 136 Å². The average molecular weight is 329 g/mol. The van der Waals surface area contributed by atoms with Crippen molar-refractivity contribution in [2.24, 2.45) is 0 Å². The first-order chi connectivity index (χ1) is 11.2. The maximum absolute atomic E-state index is 12.3. The van der Waals surface area contributed by atoms with Crippen LogP contribution in [0.5, 0.6) is 0 Å². The predicted octanol–water partition coefficient (Wildman–Crippen LogP) is 0.985. The van der Waals surface area contributed by atoms with E-state index in [-0.39, 0.29) is 11.9 Å². The highest BCUT2D eigenvalue weighted by Gasteiger charge is 2.33. The molecule has 0 spiro atoms. The fraction of sp³-hybridized carbons (Fsp3) is 0.357. The van der Waals surface area contributed by atoms with Gasteiger partial charge in [-0.1, -0.05) is 5.21 Å². The van der Waals surface area contributed by atoms with Crippen LogP contribution >= 0.6 is 11.3 Å². The van der Waals surface area contributed by atoms with Crippen LogP contribution in [0.4, 0.5) is 0 Å². The van der Waals surface area contributed by atoms with Crippen LogP contribution in [0.3, 0.4) is 0 Å². The Hall–Kier alpha value is -2.55. The summed E-state index contributed by atoms with van der Waals surface area (Å²) in [5.74, 6) is 0.0976. The number of thiophene rings is 1. The summed E-state index contributed by atoms with van der Waals surface area (Å²) in [5, 5.41) is 16.4. The van der Waals surface area contributed by atoms with Crippen molar-refractivity contribution in [1.82, 2.24) is 34.9 Å². The Morgan fingerprint density at radius 2 is 2.09 bits per heavy atom. The van der Waals surface area contributed by atoms with E-state index in [2.05, 4.69) is 20.5 Å². The summed E-state index contributed by atoms with van der Waals surface area (Å²) in [6.45, 7) is 3.83. The van der Waals surface area contributed by atoms with E-state index in [0.717, 1.165) is 15.4 Å². The molecule has 1 aliphatic heterocycles. The second kappa shape index (κ2) is 5.58. The van der Waals surface area contributed by atoms with Gasteiger partial charge in [0.2, 0.25) is 0 Å². The van der Waals surface area contributed by atoms with E-state index < -0.39 is 0 Å². The minimum absolute atomic E-state index is 0.0976. The van der Waals surface area contributed by atoms with Crippen molar-refractivity contribution in [3.63, 3.8) is 0 Å². The summed E-state index contributed by atoms with van der Waals surface area (Å²) in [4.78, 5) is 17.7. The lowest BCUT2D eigenvalue weighted by atomic mass is 10.1. The van der Waals surface area contributed by atoms with Crippen LogP contribution in [0.25, 0.3) is 0 Å². The van der Waals surface area contributed by atoms with E-state index in [1.54, 1.807) is 17.2 Å². The highest BCUT2D eigenvalue weighted by Crippen LogP contribution is 2.25. The molecule has 23 heavy (non-hydrogen) atoms. The van der Waals surface area contributed by atoms with Gasteiger partial charge in [0, 0.05) is 18.0 Å². The standard InChI is InChI=1S/C14H15N7OS/c1-10-2-3-13(23-10)14(22)19-8-12(9-19)20-6-11(17-18-20)7-21-15-4-5-16-21/h2-6,12H,7-9H2,1H3. The summed E-state index contributed by atoms with van der Waals surface area (Å²) in [6, 6.07) is 4.05. The van der Waals surface area contributed by atoms with Crippen molar-refractivity contribution in [1.29, 1.82) is 0 Å². The monoisotopic (exact) mass is 329 g/mol. The fourth-order valence-electron chi connectivity index (χ4n) is 2.53. The highest BCUT2D eigenvalue weighted by molar-refractivity contribution is 7.13. The molecule has 1 fully saturated rings. The molecule has 4 rings (SSSR count). The number of likely N-dealkylation sites (tertiary alicyclic amines) is 1. The Balaban J connectivity index is 1.36. The van der Waals surface area contributed by atoms with Crippen LogP contribution in [0.1, 0.15) is 26.3 Å². The van der Waals surface area contributed by atoms with Gasteiger partial charge in [-0.3, -0.25) is 4.79 Å². The zero-order valence-corrected chi connectivity index (χ0v) is 13.3. The van der Waals surface area contributed by atoms with Gasteiger partial charge in [0.25, 0.3) is 5.91 Å². The van der Waals surface area contributed by atoms with Gasteiger partial charge in [-0.25, -0.2) is 4.68 Å². The second-order valence-electron chi connectivity index (χ2n) is 5.52. The minimum Gasteiger partial charge on any atom is -0.334 e. The first kappa shape index (κ1) is 14.1. The van der Waals surface area contributed by atoms with Gasteiger partial charge in [-0.15, -0.1) is 16.4 Å². The topological polar surface area (TPSA) is 81.7 Å². The van der Waals surface area contributed by atoms with Crippen LogP contribution in [0, 0.1) is 6.92 Å². The first-order valence-electron chi connectivity index (χ1n) is 7.29. The summed E-state index contributed by atoms with van der Waals surface area (Å²) < 4.78 is 1.82. The summed E-state index contributed by atoms with van der Waals surface area (Å²) >= 11 is 1.53. The third-order valence-electron chi connectivity index (χ3n) is 3.80. The number of aromatic nitrogens is 6. The molecule has 0 aromatic carbocycles. The van der Waals surface area contributed by atoms with Crippen molar-refractivity contribution >= 4 is 17.2 Å². The molecule has 8 nitrogen and oxygen atoms in total. The molecular weight excluding hydrogens is 314 g/mol. The molecule has 0 saturated carbocycles. The van der Waals surface area contributed by atoms with Gasteiger partial charge < -0.3 is 4.90 Å². The maximum atomic E-state index is 12.3. The first-order valence-corrected chi connectivity index (χ1v) is 8.11. The van der Waals surface area contributed by atoms with Crippen molar-refractivity contribution < 1.29 is 4.79 Å². The molecule has 0 N–H and O–H groups in total. The highest BCUT2D eigenvalue weighted by atomic mass is 32.1. The number of hydrogen-bond donors (Lipinski definition) is 0. The lowest BCUT2D eigenvalue weighted by Crippen LogP contribution is -2.50. The van der Waals surface area contributed by atoms with Gasteiger partial charge in [0.1, 0.15) is 12.2 Å². The predicted molar refractivity (Wildman–Crippen MR) is 83.1 cm³/mol. The van der Waals surface area contributed by atoms with Crippen molar-refractivity contribution in [2.45, 2.75) is 19.5 Å². The molecule has 0 bridgehead atoms. The summed E-state index contributed by atoms with van der Waals surface area (Å²) in [6.07, 6.45) is 5.16. The van der Waals surface area contributed by atoms with E-state index in [9.17, 15) is 4.79 Å². The van der Waals surface area contributed by atoms with Crippen LogP contribution in [0.15, 0.2) is 30.7 Å². The Kier molecular flexibility index (Phi) is 3.41. The van der Waals surface area contributed by atoms with E-state index in [4.69, 9.17) is 0 Å². The second-order valence-corrected chi connectivity index (χ2v) is 6.81. The maximum Gasteiger partial charge on any atom is 0.264 e. The number of carbonyl (C=O) groups excluding carboxylic acids is 1. The van der Waals surface area contributed by atoms with E-state index in [0.29, 0.717) is 19.6 Å². The van der Waals surface area contributed by atoms with Gasteiger partial charge in [0.05, 0.1) is 29.5 Å². The van der Waals surface area contributed by atoms with Crippen molar-refractivity contribution in [3.05, 3.63) is 46.2 Å². The molecule has 9 heteroatoms. The van der Waals surface area contributed by atoms with E-state index >= 15 is 0 Å². The van der Waals surface area contributed by atoms with Gasteiger partial charge in [-0.2, -0.15) is 15.0 Å². The van der Waals surface area contributed by atoms with Gasteiger partial charge in [0.15, 0.2) is 0 Å². The number of hydrogen-bond acceptors (Lipinski definition) is 6. The van der Waals surface area contributed by atoms with Crippen molar-refractivity contribution in [3.8, 4) is 0 Å². The molecule has 0 aliphatic carbocycles. The molecule has 1 saturated heterocycles. The van der Waals surface area contributed by atoms with Gasteiger partial charge >= 0.3 is 0 Å². The molecule has 0 atom stereocenters. The van der Waals surface area contributed by atoms with Crippen LogP contribution in [-0.4, -0.2) is 53.9 Å². The van der Waals surface area contributed by atoms with Crippen LogP contribution in [0.2, 0.25) is 0 Å². The number of carbonyl (C=O) groups is 1.